The first-order valence-corrected chi connectivity index (χ1v) is 16.2. The van der Waals surface area contributed by atoms with E-state index in [2.05, 4.69) is 72.8 Å². The third kappa shape index (κ3) is 11.2. The van der Waals surface area contributed by atoms with E-state index < -0.39 is 7.81 Å². The number of carbonyl (C=O) groups excluding carboxylic acids is 1. The Hall–Kier alpha value is -3.23. The van der Waals surface area contributed by atoms with Gasteiger partial charge in [0.15, 0.2) is 0 Å². The zero-order chi connectivity index (χ0) is 30.4. The minimum Gasteiger partial charge on any atom is -0.273 e. The molecular weight excluding hydrogens is 633 g/mol. The Balaban J connectivity index is 0.000000517. The number of hydrogen-bond acceptors (Lipinski definition) is 2. The smallest absolute Gasteiger partial charge is 0.273 e. The van der Waals surface area contributed by atoms with Gasteiger partial charge in [-0.05, 0) is 96.1 Å². The largest absolute Gasteiger partial charge is 0.354 e. The van der Waals surface area contributed by atoms with Gasteiger partial charge >= 0.3 is 38.8 Å². The van der Waals surface area contributed by atoms with Crippen LogP contribution in [0.2, 0.25) is 5.02 Å². The molecule has 218 valence electrons. The number of hydrogen-bond donors (Lipinski definition) is 0. The Bertz CT molecular complexity index is 1640. The van der Waals surface area contributed by atoms with Gasteiger partial charge < -0.3 is 0 Å². The number of rotatable bonds is 7. The summed E-state index contributed by atoms with van der Waals surface area (Å²) in [5.74, 6) is 0.246. The molecule has 1 nitrogen and oxygen atoms in total. The van der Waals surface area contributed by atoms with E-state index in [0.717, 1.165) is 16.0 Å². The molecule has 0 atom stereocenters. The molecule has 0 saturated carbocycles. The first-order chi connectivity index (χ1) is 19.6. The van der Waals surface area contributed by atoms with Crippen LogP contribution in [0.25, 0.3) is 11.1 Å². The first kappa shape index (κ1) is 31.7. The van der Waals surface area contributed by atoms with Crippen LogP contribution >= 0.6 is 42.9 Å². The second kappa shape index (κ2) is 12.2. The molecule has 1 N–H and O–H groups in total. The average Bonchev–Trinajstić information content (AvgIpc) is 2.93. The Morgan fingerprint density at radius 3 is 1.17 bits per heavy atom. The van der Waals surface area contributed by atoms with Crippen molar-refractivity contribution in [3.05, 3.63) is 144 Å². The zero-order valence-electron chi connectivity index (χ0n) is 21.5. The fourth-order valence-electron chi connectivity index (χ4n) is 3.65. The van der Waals surface area contributed by atoms with Crippen molar-refractivity contribution in [2.45, 2.75) is 19.6 Å². The van der Waals surface area contributed by atoms with E-state index >= 15 is 0 Å². The second-order valence-electron chi connectivity index (χ2n) is 8.90. The average molecular weight is 655 g/mol. The van der Waals surface area contributed by atoms with E-state index in [1.807, 2.05) is 42.5 Å². The molecule has 0 radical (unpaired) electrons. The summed E-state index contributed by atoms with van der Waals surface area (Å²) in [4.78, 5) is 15.3. The van der Waals surface area contributed by atoms with E-state index in [4.69, 9.17) is 11.6 Å². The topological polar surface area (TPSA) is 21.4 Å². The van der Waals surface area contributed by atoms with E-state index in [-0.39, 0.29) is 5.78 Å². The van der Waals surface area contributed by atoms with Gasteiger partial charge in [-0.3, -0.25) is 4.79 Å². The Kier molecular flexibility index (Phi) is 9.19. The van der Waals surface area contributed by atoms with Crippen LogP contribution in [-0.4, -0.2) is 10.6 Å². The van der Waals surface area contributed by atoms with Crippen molar-refractivity contribution < 1.29 is 30.0 Å². The monoisotopic (exact) mass is 654 g/mol. The van der Waals surface area contributed by atoms with Crippen molar-refractivity contribution in [2.75, 3.05) is 0 Å². The molecule has 42 heavy (non-hydrogen) atoms. The zero-order valence-corrected chi connectivity index (χ0v) is 24.8. The minimum absolute atomic E-state index is 0.246. The second-order valence-corrected chi connectivity index (χ2v) is 13.6. The normalized spacial score (nSPS) is 12.8. The molecular formula is C31H22ClF6OPS2. The molecule has 0 aliphatic carbocycles. The molecule has 0 bridgehead atoms. The maximum Gasteiger partial charge on any atom is 0.354 e. The van der Waals surface area contributed by atoms with Crippen molar-refractivity contribution in [3.8, 4) is 11.1 Å². The fraction of sp³-hybridized carbons (Fsp3) is 0. The van der Waals surface area contributed by atoms with Gasteiger partial charge in [-0.2, -0.15) is 0 Å². The maximum atomic E-state index is 10.6. The summed E-state index contributed by atoms with van der Waals surface area (Å²) >= 11 is 9.42. The van der Waals surface area contributed by atoms with Crippen LogP contribution in [0.15, 0.2) is 147 Å². The summed E-state index contributed by atoms with van der Waals surface area (Å²) in [6.07, 6.45) is 0. The molecule has 0 aliphatic rings. The van der Waals surface area contributed by atoms with Crippen LogP contribution in [0.1, 0.15) is 11.1 Å². The van der Waals surface area contributed by atoms with Crippen LogP contribution in [0.5, 0.6) is 0 Å². The summed E-state index contributed by atoms with van der Waals surface area (Å²) < 4.78 is 59.2. The van der Waals surface area contributed by atoms with E-state index in [1.54, 1.807) is 35.7 Å². The van der Waals surface area contributed by atoms with Gasteiger partial charge in [-0.15, -0.1) is 0 Å². The quantitative estimate of drug-likeness (QED) is 0.0754. The minimum atomic E-state index is -10.7. The predicted molar refractivity (Wildman–Crippen MR) is 163 cm³/mol. The van der Waals surface area contributed by atoms with Crippen LogP contribution in [0.3, 0.4) is 0 Å². The van der Waals surface area contributed by atoms with Crippen LogP contribution in [0.4, 0.5) is 25.2 Å². The van der Waals surface area contributed by atoms with Gasteiger partial charge in [-0.1, -0.05) is 77.6 Å². The van der Waals surface area contributed by atoms with Crippen LogP contribution < -0.4 is 0 Å². The third-order valence-electron chi connectivity index (χ3n) is 5.50. The maximum absolute atomic E-state index is 10.7. The molecule has 5 aromatic rings. The Morgan fingerprint density at radius 1 is 0.476 bits per heavy atom. The SMILES string of the molecule is F[P-](F)(F)(F)(F)F.[OH+]=C(c1ccc(Cl)cc1)c1ccc(Sc2ccc(-c3ccc(Sc4ccccc4)cc3)cc2)cc1. The number of benzene rings is 5. The van der Waals surface area contributed by atoms with Crippen molar-refractivity contribution in [2.24, 2.45) is 0 Å². The van der Waals surface area contributed by atoms with Crippen molar-refractivity contribution >= 4 is 48.7 Å². The fourth-order valence-corrected chi connectivity index (χ4v) is 5.43. The van der Waals surface area contributed by atoms with Gasteiger partial charge in [0.1, 0.15) is 0 Å². The standard InChI is InChI=1S/C31H21ClOS2.F6P/c32-26-14-6-24(7-15-26)31(33)25-12-20-30(21-13-25)35-29-18-10-23(11-19-29)22-8-16-28(17-9-22)34-27-4-2-1-3-5-27;1-7(2,3,4,5)6/h1-21H;/q;-1/p+1. The first-order valence-electron chi connectivity index (χ1n) is 12.2. The number of ketones is 1. The summed E-state index contributed by atoms with van der Waals surface area (Å²) in [6.45, 7) is 0. The van der Waals surface area contributed by atoms with E-state index in [1.165, 1.54) is 25.8 Å². The molecule has 0 unspecified atom stereocenters. The van der Waals surface area contributed by atoms with E-state index in [9.17, 15) is 30.0 Å². The molecule has 11 heteroatoms. The van der Waals surface area contributed by atoms with Crippen molar-refractivity contribution in [1.29, 1.82) is 0 Å². The molecule has 0 spiro atoms. The molecule has 0 aliphatic heterocycles. The van der Waals surface area contributed by atoms with Crippen LogP contribution in [0, 0.1) is 0 Å². The molecule has 0 saturated heterocycles. The third-order valence-corrected chi connectivity index (χ3v) is 7.79. The van der Waals surface area contributed by atoms with Gasteiger partial charge in [0.25, 0.3) is 0 Å². The van der Waals surface area contributed by atoms with Gasteiger partial charge in [0.2, 0.25) is 0 Å². The van der Waals surface area contributed by atoms with Gasteiger partial charge in [-0.25, -0.2) is 0 Å². The summed E-state index contributed by atoms with van der Waals surface area (Å²) in [7, 11) is -10.7. The molecule has 5 rings (SSSR count). The van der Waals surface area contributed by atoms with Crippen molar-refractivity contribution in [1.82, 2.24) is 0 Å². The Morgan fingerprint density at radius 2 is 0.786 bits per heavy atom. The predicted octanol–water partition coefficient (Wildman–Crippen LogP) is 12.6. The van der Waals surface area contributed by atoms with Gasteiger partial charge in [0.05, 0.1) is 11.1 Å². The Labute approximate surface area is 252 Å². The van der Waals surface area contributed by atoms with E-state index in [0.29, 0.717) is 5.02 Å². The van der Waals surface area contributed by atoms with Crippen LogP contribution in [-0.2, 0) is 0 Å². The molecule has 0 aromatic heterocycles. The molecule has 0 amide bonds. The summed E-state index contributed by atoms with van der Waals surface area (Å²) in [6, 6.07) is 42.9. The van der Waals surface area contributed by atoms with Crippen molar-refractivity contribution in [3.63, 3.8) is 0 Å². The molecule has 0 fully saturated rings. The molecule has 0 heterocycles. The number of halogens is 7. The van der Waals surface area contributed by atoms with Gasteiger partial charge in [0, 0.05) is 24.6 Å². The summed E-state index contributed by atoms with van der Waals surface area (Å²) in [5.41, 5.74) is 3.93. The molecule has 5 aromatic carbocycles. The summed E-state index contributed by atoms with van der Waals surface area (Å²) in [5, 5.41) is 0.651.